The zero-order valence-electron chi connectivity index (χ0n) is 15.8. The van der Waals surface area contributed by atoms with E-state index < -0.39 is 39.7 Å². The topological polar surface area (TPSA) is 107 Å². The van der Waals surface area contributed by atoms with Crippen LogP contribution in [0.5, 0.6) is 0 Å². The number of aliphatic hydroxyl groups is 1. The van der Waals surface area contributed by atoms with Crippen molar-refractivity contribution in [3.05, 3.63) is 52.1 Å². The van der Waals surface area contributed by atoms with Crippen LogP contribution in [0.15, 0.2) is 36.4 Å². The predicted molar refractivity (Wildman–Crippen MR) is 99.4 cm³/mol. The fourth-order valence-electron chi connectivity index (χ4n) is 3.88. The SMILES string of the molecule is CCOC(=O)[C@]1(C(C)=O)CC[C@@](C)(O)[C@@H]([N+](=O)[O-])[C@@H]1/C=C/c1ccccc1. The smallest absolute Gasteiger partial charge is 0.320 e. The molecule has 1 fully saturated rings. The highest BCUT2D eigenvalue weighted by Crippen LogP contribution is 2.49. The molecule has 1 aromatic rings. The van der Waals surface area contributed by atoms with Crippen LogP contribution in [0, 0.1) is 21.4 Å². The summed E-state index contributed by atoms with van der Waals surface area (Å²) in [6.07, 6.45) is 3.07. The minimum Gasteiger partial charge on any atom is -0.465 e. The quantitative estimate of drug-likeness (QED) is 0.354. The summed E-state index contributed by atoms with van der Waals surface area (Å²) in [4.78, 5) is 36.6. The van der Waals surface area contributed by atoms with E-state index in [9.17, 15) is 24.8 Å². The van der Waals surface area contributed by atoms with Gasteiger partial charge in [0.2, 0.25) is 6.04 Å². The summed E-state index contributed by atoms with van der Waals surface area (Å²) < 4.78 is 5.13. The first-order chi connectivity index (χ1) is 12.7. The van der Waals surface area contributed by atoms with E-state index in [2.05, 4.69) is 0 Å². The zero-order chi connectivity index (χ0) is 20.2. The Morgan fingerprint density at radius 1 is 1.33 bits per heavy atom. The lowest BCUT2D eigenvalue weighted by atomic mass is 9.57. The summed E-state index contributed by atoms with van der Waals surface area (Å²) >= 11 is 0. The van der Waals surface area contributed by atoms with Crippen LogP contribution in [-0.2, 0) is 14.3 Å². The highest BCUT2D eigenvalue weighted by molar-refractivity contribution is 6.03. The molecule has 0 bridgehead atoms. The molecule has 1 aliphatic rings. The van der Waals surface area contributed by atoms with E-state index >= 15 is 0 Å². The van der Waals surface area contributed by atoms with E-state index in [1.54, 1.807) is 25.1 Å². The maximum atomic E-state index is 12.8. The third-order valence-electron chi connectivity index (χ3n) is 5.36. The van der Waals surface area contributed by atoms with Gasteiger partial charge in [0.1, 0.15) is 16.8 Å². The van der Waals surface area contributed by atoms with Gasteiger partial charge in [0.15, 0.2) is 0 Å². The van der Waals surface area contributed by atoms with Crippen LogP contribution in [0.3, 0.4) is 0 Å². The molecule has 0 radical (unpaired) electrons. The summed E-state index contributed by atoms with van der Waals surface area (Å²) in [6.45, 7) is 4.30. The Morgan fingerprint density at radius 3 is 2.48 bits per heavy atom. The van der Waals surface area contributed by atoms with Gasteiger partial charge in [0, 0.05) is 4.92 Å². The molecule has 0 aliphatic heterocycles. The zero-order valence-corrected chi connectivity index (χ0v) is 15.8. The molecule has 2 rings (SSSR count). The first kappa shape index (κ1) is 20.8. The second kappa shape index (κ2) is 8.00. The van der Waals surface area contributed by atoms with Crippen LogP contribution in [0.25, 0.3) is 6.08 Å². The molecule has 0 spiro atoms. The molecule has 1 aliphatic carbocycles. The van der Waals surface area contributed by atoms with Crippen LogP contribution in [0.4, 0.5) is 0 Å². The van der Waals surface area contributed by atoms with Gasteiger partial charge in [-0.2, -0.15) is 0 Å². The number of carbonyl (C=O) groups excluding carboxylic acids is 2. The number of esters is 1. The number of ketones is 1. The van der Waals surface area contributed by atoms with Gasteiger partial charge in [-0.25, -0.2) is 0 Å². The third kappa shape index (κ3) is 3.93. The van der Waals surface area contributed by atoms with E-state index in [-0.39, 0.29) is 19.4 Å². The summed E-state index contributed by atoms with van der Waals surface area (Å²) in [6, 6.07) is 7.55. The number of Topliss-reactive ketones (excluding diaryl/α,β-unsaturated/α-hetero) is 1. The van der Waals surface area contributed by atoms with Crippen molar-refractivity contribution in [2.75, 3.05) is 6.61 Å². The molecule has 0 unspecified atom stereocenters. The molecule has 27 heavy (non-hydrogen) atoms. The van der Waals surface area contributed by atoms with Gasteiger partial charge in [0.25, 0.3) is 0 Å². The summed E-state index contributed by atoms with van der Waals surface area (Å²) in [5.74, 6) is -2.40. The average molecular weight is 375 g/mol. The molecule has 1 aromatic carbocycles. The minimum absolute atomic E-state index is 0.0116. The predicted octanol–water partition coefficient (Wildman–Crippen LogP) is 2.64. The van der Waals surface area contributed by atoms with Crippen LogP contribution in [0.2, 0.25) is 0 Å². The van der Waals surface area contributed by atoms with Crippen molar-refractivity contribution >= 4 is 17.8 Å². The molecule has 0 aromatic heterocycles. The maximum Gasteiger partial charge on any atom is 0.320 e. The van der Waals surface area contributed by atoms with E-state index in [1.165, 1.54) is 19.9 Å². The van der Waals surface area contributed by atoms with E-state index in [0.29, 0.717) is 0 Å². The Labute approximate surface area is 158 Å². The van der Waals surface area contributed by atoms with E-state index in [1.807, 2.05) is 18.2 Å². The monoisotopic (exact) mass is 375 g/mol. The Balaban J connectivity index is 2.62. The Morgan fingerprint density at radius 2 is 1.96 bits per heavy atom. The second-order valence-electron chi connectivity index (χ2n) is 7.13. The van der Waals surface area contributed by atoms with Crippen molar-refractivity contribution in [2.24, 2.45) is 11.3 Å². The number of hydrogen-bond donors (Lipinski definition) is 1. The minimum atomic E-state index is -1.69. The van der Waals surface area contributed by atoms with Crippen LogP contribution in [0.1, 0.15) is 39.2 Å². The van der Waals surface area contributed by atoms with Gasteiger partial charge in [0.05, 0.1) is 12.5 Å². The number of benzene rings is 1. The molecule has 1 saturated carbocycles. The molecule has 4 atom stereocenters. The second-order valence-corrected chi connectivity index (χ2v) is 7.13. The lowest BCUT2D eigenvalue weighted by Gasteiger charge is -2.45. The van der Waals surface area contributed by atoms with Crippen molar-refractivity contribution in [2.45, 2.75) is 45.3 Å². The van der Waals surface area contributed by atoms with Gasteiger partial charge in [-0.05, 0) is 39.2 Å². The maximum absolute atomic E-state index is 12.8. The Kier molecular flexibility index (Phi) is 6.15. The molecule has 0 amide bonds. The molecule has 7 heteroatoms. The van der Waals surface area contributed by atoms with Crippen LogP contribution < -0.4 is 0 Å². The molecule has 146 valence electrons. The number of hydrogen-bond acceptors (Lipinski definition) is 6. The van der Waals surface area contributed by atoms with Crippen molar-refractivity contribution in [1.29, 1.82) is 0 Å². The van der Waals surface area contributed by atoms with Crippen molar-refractivity contribution in [1.82, 2.24) is 0 Å². The van der Waals surface area contributed by atoms with Crippen molar-refractivity contribution in [3.8, 4) is 0 Å². The standard InChI is InChI=1S/C20H25NO6/c1-4-27-18(23)20(14(2)22)13-12-19(3,24)17(21(25)26)16(20)11-10-15-8-6-5-7-9-15/h5-11,16-17,24H,4,12-13H2,1-3H3/b11-10+/t16-,17-,19+,20-/m0/s1. The van der Waals surface area contributed by atoms with Gasteiger partial charge in [-0.1, -0.05) is 42.5 Å². The fraction of sp³-hybridized carbons (Fsp3) is 0.500. The van der Waals surface area contributed by atoms with Gasteiger partial charge in [-0.3, -0.25) is 19.7 Å². The van der Waals surface area contributed by atoms with Crippen LogP contribution in [-0.4, -0.2) is 40.0 Å². The molecular weight excluding hydrogens is 350 g/mol. The van der Waals surface area contributed by atoms with E-state index in [4.69, 9.17) is 4.74 Å². The van der Waals surface area contributed by atoms with Crippen molar-refractivity contribution in [3.63, 3.8) is 0 Å². The van der Waals surface area contributed by atoms with Gasteiger partial charge < -0.3 is 9.84 Å². The number of nitrogens with zero attached hydrogens (tertiary/aromatic N) is 1. The first-order valence-corrected chi connectivity index (χ1v) is 8.94. The lowest BCUT2D eigenvalue weighted by Crippen LogP contribution is -2.62. The summed E-state index contributed by atoms with van der Waals surface area (Å²) in [5.41, 5.74) is -2.58. The Hall–Kier alpha value is -2.54. The van der Waals surface area contributed by atoms with Gasteiger partial charge >= 0.3 is 5.97 Å². The number of rotatable bonds is 6. The average Bonchev–Trinajstić information content (AvgIpc) is 2.59. The first-order valence-electron chi connectivity index (χ1n) is 8.94. The number of carbonyl (C=O) groups is 2. The molecular formula is C20H25NO6. The Bertz CT molecular complexity index is 742. The van der Waals surface area contributed by atoms with Crippen LogP contribution >= 0.6 is 0 Å². The molecule has 0 saturated heterocycles. The lowest BCUT2D eigenvalue weighted by molar-refractivity contribution is -0.558. The van der Waals surface area contributed by atoms with Gasteiger partial charge in [-0.15, -0.1) is 0 Å². The number of nitro groups is 1. The fourth-order valence-corrected chi connectivity index (χ4v) is 3.88. The number of ether oxygens (including phenoxy) is 1. The summed E-state index contributed by atoms with van der Waals surface area (Å²) in [5, 5.41) is 22.5. The van der Waals surface area contributed by atoms with E-state index in [0.717, 1.165) is 5.56 Å². The molecule has 7 nitrogen and oxygen atoms in total. The highest BCUT2D eigenvalue weighted by Gasteiger charge is 2.64. The normalized spacial score (nSPS) is 30.8. The molecule has 1 N–H and O–H groups in total. The highest BCUT2D eigenvalue weighted by atomic mass is 16.6. The van der Waals surface area contributed by atoms with Crippen molar-refractivity contribution < 1.29 is 24.4 Å². The third-order valence-corrected chi connectivity index (χ3v) is 5.36. The summed E-state index contributed by atoms with van der Waals surface area (Å²) in [7, 11) is 0. The molecule has 0 heterocycles. The largest absolute Gasteiger partial charge is 0.465 e.